The fourth-order valence-electron chi connectivity index (χ4n) is 1.66. The summed E-state index contributed by atoms with van der Waals surface area (Å²) in [6.07, 6.45) is 5.27. The smallest absolute Gasteiger partial charge is 0.118 e. The molecule has 0 aliphatic carbocycles. The van der Waals surface area contributed by atoms with Gasteiger partial charge in [-0.15, -0.1) is 0 Å². The molecule has 0 aromatic heterocycles. The van der Waals surface area contributed by atoms with Crippen LogP contribution in [0.25, 0.3) is 6.08 Å². The van der Waals surface area contributed by atoms with Crippen molar-refractivity contribution < 1.29 is 4.74 Å². The van der Waals surface area contributed by atoms with Crippen LogP contribution in [0.15, 0.2) is 60.7 Å². The minimum Gasteiger partial charge on any atom is -0.497 e. The number of hydrogen-bond acceptors (Lipinski definition) is 1. The summed E-state index contributed by atoms with van der Waals surface area (Å²) in [4.78, 5) is 0. The lowest BCUT2D eigenvalue weighted by molar-refractivity contribution is 0.415. The van der Waals surface area contributed by atoms with Crippen LogP contribution >= 0.6 is 0 Å². The van der Waals surface area contributed by atoms with Crippen molar-refractivity contribution in [2.75, 3.05) is 7.11 Å². The standard InChI is InChI=1S/C16H16O/c1-17-16-12-10-15(11-13-16)9-5-8-14-6-3-2-4-7-14/h2-7,9-13H,8H2,1H3. The van der Waals surface area contributed by atoms with Crippen molar-refractivity contribution in [3.8, 4) is 5.75 Å². The van der Waals surface area contributed by atoms with Gasteiger partial charge in [0.25, 0.3) is 0 Å². The molecule has 2 aromatic carbocycles. The zero-order valence-electron chi connectivity index (χ0n) is 9.97. The van der Waals surface area contributed by atoms with Gasteiger partial charge in [0.15, 0.2) is 0 Å². The van der Waals surface area contributed by atoms with Crippen LogP contribution in [0.1, 0.15) is 11.1 Å². The van der Waals surface area contributed by atoms with Crippen LogP contribution in [0.5, 0.6) is 5.75 Å². The molecule has 17 heavy (non-hydrogen) atoms. The Labute approximate surface area is 102 Å². The molecule has 86 valence electrons. The number of allylic oxidation sites excluding steroid dienone is 1. The van der Waals surface area contributed by atoms with E-state index in [2.05, 4.69) is 48.6 Å². The van der Waals surface area contributed by atoms with E-state index in [1.54, 1.807) is 7.11 Å². The van der Waals surface area contributed by atoms with E-state index in [1.165, 1.54) is 11.1 Å². The molecular formula is C16H16O. The summed E-state index contributed by atoms with van der Waals surface area (Å²) in [6.45, 7) is 0. The molecule has 0 saturated heterocycles. The predicted octanol–water partition coefficient (Wildman–Crippen LogP) is 3.95. The van der Waals surface area contributed by atoms with Crippen molar-refractivity contribution in [1.29, 1.82) is 0 Å². The molecule has 0 radical (unpaired) electrons. The van der Waals surface area contributed by atoms with E-state index < -0.39 is 0 Å². The average Bonchev–Trinajstić information content (AvgIpc) is 2.41. The number of rotatable bonds is 4. The molecule has 0 saturated carbocycles. The van der Waals surface area contributed by atoms with Crippen molar-refractivity contribution >= 4 is 6.08 Å². The van der Waals surface area contributed by atoms with Gasteiger partial charge in [-0.25, -0.2) is 0 Å². The summed E-state index contributed by atoms with van der Waals surface area (Å²) < 4.78 is 5.12. The molecule has 0 heterocycles. The predicted molar refractivity (Wildman–Crippen MR) is 72.2 cm³/mol. The summed E-state index contributed by atoms with van der Waals surface area (Å²) >= 11 is 0. The van der Waals surface area contributed by atoms with Crippen molar-refractivity contribution in [3.05, 3.63) is 71.8 Å². The Morgan fingerprint density at radius 3 is 2.29 bits per heavy atom. The van der Waals surface area contributed by atoms with Crippen LogP contribution in [0.3, 0.4) is 0 Å². The van der Waals surface area contributed by atoms with Gasteiger partial charge in [0, 0.05) is 0 Å². The highest BCUT2D eigenvalue weighted by Crippen LogP contribution is 2.12. The van der Waals surface area contributed by atoms with Gasteiger partial charge in [-0.2, -0.15) is 0 Å². The zero-order chi connectivity index (χ0) is 11.9. The molecule has 0 N–H and O–H groups in total. The molecule has 0 aliphatic heterocycles. The van der Waals surface area contributed by atoms with Crippen molar-refractivity contribution in [2.24, 2.45) is 0 Å². The van der Waals surface area contributed by atoms with Gasteiger partial charge in [0.2, 0.25) is 0 Å². The number of ether oxygens (including phenoxy) is 1. The van der Waals surface area contributed by atoms with E-state index in [4.69, 9.17) is 4.74 Å². The van der Waals surface area contributed by atoms with Crippen LogP contribution in [0.2, 0.25) is 0 Å². The Kier molecular flexibility index (Phi) is 3.98. The highest BCUT2D eigenvalue weighted by atomic mass is 16.5. The van der Waals surface area contributed by atoms with Gasteiger partial charge in [-0.3, -0.25) is 0 Å². The maximum absolute atomic E-state index is 5.12. The molecular weight excluding hydrogens is 208 g/mol. The lowest BCUT2D eigenvalue weighted by atomic mass is 10.1. The highest BCUT2D eigenvalue weighted by molar-refractivity contribution is 5.51. The van der Waals surface area contributed by atoms with Gasteiger partial charge in [0.1, 0.15) is 5.75 Å². The summed E-state index contributed by atoms with van der Waals surface area (Å²) in [5.41, 5.74) is 2.53. The van der Waals surface area contributed by atoms with Crippen molar-refractivity contribution in [1.82, 2.24) is 0 Å². The minimum absolute atomic E-state index is 0.894. The van der Waals surface area contributed by atoms with Crippen LogP contribution in [0.4, 0.5) is 0 Å². The SMILES string of the molecule is COc1ccc(C=CCc2ccccc2)cc1. The maximum Gasteiger partial charge on any atom is 0.118 e. The molecule has 2 aromatic rings. The monoisotopic (exact) mass is 224 g/mol. The second-order valence-electron chi connectivity index (χ2n) is 3.87. The molecule has 2 rings (SSSR count). The first kappa shape index (κ1) is 11.5. The van der Waals surface area contributed by atoms with Crippen LogP contribution in [-0.2, 0) is 6.42 Å². The van der Waals surface area contributed by atoms with E-state index in [9.17, 15) is 0 Å². The lowest BCUT2D eigenvalue weighted by Crippen LogP contribution is -1.82. The van der Waals surface area contributed by atoms with Gasteiger partial charge < -0.3 is 4.74 Å². The Morgan fingerprint density at radius 1 is 0.941 bits per heavy atom. The molecule has 0 aliphatic rings. The Balaban J connectivity index is 1.96. The molecule has 0 fully saturated rings. The fraction of sp³-hybridized carbons (Fsp3) is 0.125. The Morgan fingerprint density at radius 2 is 1.65 bits per heavy atom. The highest BCUT2D eigenvalue weighted by Gasteiger charge is 1.90. The van der Waals surface area contributed by atoms with Crippen LogP contribution in [-0.4, -0.2) is 7.11 Å². The Bertz CT molecular complexity index is 469. The number of benzene rings is 2. The largest absolute Gasteiger partial charge is 0.497 e. The summed E-state index contributed by atoms with van der Waals surface area (Å²) in [5, 5.41) is 0. The van der Waals surface area contributed by atoms with Gasteiger partial charge in [-0.05, 0) is 29.7 Å². The topological polar surface area (TPSA) is 9.23 Å². The van der Waals surface area contributed by atoms with E-state index in [1.807, 2.05) is 18.2 Å². The number of methoxy groups -OCH3 is 1. The van der Waals surface area contributed by atoms with E-state index in [0.717, 1.165) is 12.2 Å². The second kappa shape index (κ2) is 5.90. The third kappa shape index (κ3) is 3.49. The third-order valence-electron chi connectivity index (χ3n) is 2.62. The summed E-state index contributed by atoms with van der Waals surface area (Å²) in [5.74, 6) is 0.894. The van der Waals surface area contributed by atoms with Gasteiger partial charge >= 0.3 is 0 Å². The fourth-order valence-corrected chi connectivity index (χ4v) is 1.66. The lowest BCUT2D eigenvalue weighted by Gasteiger charge is -1.99. The van der Waals surface area contributed by atoms with Crippen LogP contribution in [0, 0.1) is 0 Å². The van der Waals surface area contributed by atoms with Crippen LogP contribution < -0.4 is 4.74 Å². The maximum atomic E-state index is 5.12. The first-order valence-electron chi connectivity index (χ1n) is 5.73. The first-order chi connectivity index (χ1) is 8.38. The second-order valence-corrected chi connectivity index (χ2v) is 3.87. The van der Waals surface area contributed by atoms with E-state index in [0.29, 0.717) is 0 Å². The van der Waals surface area contributed by atoms with Gasteiger partial charge in [0.05, 0.1) is 7.11 Å². The van der Waals surface area contributed by atoms with Gasteiger partial charge in [-0.1, -0.05) is 54.6 Å². The minimum atomic E-state index is 0.894. The molecule has 0 bridgehead atoms. The number of hydrogen-bond donors (Lipinski definition) is 0. The Hall–Kier alpha value is -2.02. The van der Waals surface area contributed by atoms with E-state index in [-0.39, 0.29) is 0 Å². The molecule has 1 heteroatoms. The van der Waals surface area contributed by atoms with Crippen molar-refractivity contribution in [2.45, 2.75) is 6.42 Å². The summed E-state index contributed by atoms with van der Waals surface area (Å²) in [6, 6.07) is 18.5. The average molecular weight is 224 g/mol. The molecule has 0 unspecified atom stereocenters. The van der Waals surface area contributed by atoms with Crippen molar-refractivity contribution in [3.63, 3.8) is 0 Å². The summed E-state index contributed by atoms with van der Waals surface area (Å²) in [7, 11) is 1.68. The normalized spacial score (nSPS) is 10.6. The molecule has 0 spiro atoms. The first-order valence-corrected chi connectivity index (χ1v) is 5.73. The van der Waals surface area contributed by atoms with E-state index >= 15 is 0 Å². The molecule has 0 amide bonds. The third-order valence-corrected chi connectivity index (χ3v) is 2.62. The zero-order valence-corrected chi connectivity index (χ0v) is 9.97. The molecule has 1 nitrogen and oxygen atoms in total. The molecule has 0 atom stereocenters. The quantitative estimate of drug-likeness (QED) is 0.764.